The van der Waals surface area contributed by atoms with Gasteiger partial charge in [0, 0.05) is 12.8 Å². The van der Waals surface area contributed by atoms with Crippen molar-refractivity contribution in [2.24, 2.45) is 0 Å². The molecule has 0 atom stereocenters. The van der Waals surface area contributed by atoms with E-state index in [2.05, 4.69) is 29.5 Å². The van der Waals surface area contributed by atoms with Gasteiger partial charge < -0.3 is 14.2 Å². The van der Waals surface area contributed by atoms with Crippen LogP contribution < -0.4 is 4.74 Å². The van der Waals surface area contributed by atoms with Crippen molar-refractivity contribution in [1.29, 1.82) is 0 Å². The highest BCUT2D eigenvalue weighted by molar-refractivity contribution is 14.1. The Hall–Kier alpha value is -1.31. The molecule has 0 heterocycles. The van der Waals surface area contributed by atoms with Gasteiger partial charge in [-0.1, -0.05) is 25.8 Å². The van der Waals surface area contributed by atoms with Gasteiger partial charge in [-0.25, -0.2) is 0 Å². The highest BCUT2D eigenvalue weighted by Gasteiger charge is 2.08. The third-order valence-electron chi connectivity index (χ3n) is 3.39. The summed E-state index contributed by atoms with van der Waals surface area (Å²) >= 11 is 2.17. The number of esters is 2. The van der Waals surface area contributed by atoms with Gasteiger partial charge in [0.15, 0.2) is 0 Å². The second kappa shape index (κ2) is 12.1. The Morgan fingerprint density at radius 3 is 2.38 bits per heavy atom. The van der Waals surface area contributed by atoms with Crippen molar-refractivity contribution >= 4 is 34.5 Å². The number of carbonyl (C=O) groups excluding carboxylic acids is 2. The maximum Gasteiger partial charge on any atom is 0.306 e. The highest BCUT2D eigenvalue weighted by atomic mass is 127. The summed E-state index contributed by atoms with van der Waals surface area (Å²) in [7, 11) is 1.62. The number of hydrogen-bond acceptors (Lipinski definition) is 5. The standard InChI is InChI=1S/C18H25IO5/c1-3-4-5-11-23-17(20)7-6-8-18(21)24-13-14-9-10-16(22-2)15(19)12-14/h9-10,12H,3-8,11,13H2,1-2H3. The van der Waals surface area contributed by atoms with E-state index in [-0.39, 0.29) is 31.4 Å². The monoisotopic (exact) mass is 448 g/mol. The van der Waals surface area contributed by atoms with E-state index in [1.807, 2.05) is 18.2 Å². The van der Waals surface area contributed by atoms with E-state index in [1.54, 1.807) is 7.11 Å². The van der Waals surface area contributed by atoms with Crippen LogP contribution in [0.5, 0.6) is 5.75 Å². The lowest BCUT2D eigenvalue weighted by molar-refractivity contribution is -0.146. The highest BCUT2D eigenvalue weighted by Crippen LogP contribution is 2.22. The summed E-state index contributed by atoms with van der Waals surface area (Å²) < 4.78 is 16.5. The van der Waals surface area contributed by atoms with Gasteiger partial charge >= 0.3 is 11.9 Å². The molecule has 0 aliphatic rings. The topological polar surface area (TPSA) is 61.8 Å². The second-order valence-corrected chi connectivity index (χ2v) is 6.57. The molecule has 0 saturated carbocycles. The van der Waals surface area contributed by atoms with Gasteiger partial charge in [-0.3, -0.25) is 9.59 Å². The molecular weight excluding hydrogens is 423 g/mol. The van der Waals surface area contributed by atoms with Crippen molar-refractivity contribution in [1.82, 2.24) is 0 Å². The molecule has 0 unspecified atom stereocenters. The zero-order chi connectivity index (χ0) is 17.8. The number of benzene rings is 1. The fraction of sp³-hybridized carbons (Fsp3) is 0.556. The van der Waals surface area contributed by atoms with E-state index >= 15 is 0 Å². The quantitative estimate of drug-likeness (QED) is 0.288. The number of carbonyl (C=O) groups is 2. The van der Waals surface area contributed by atoms with Gasteiger partial charge in [0.2, 0.25) is 0 Å². The first kappa shape index (κ1) is 20.7. The molecule has 0 spiro atoms. The van der Waals surface area contributed by atoms with Crippen LogP contribution in [0.15, 0.2) is 18.2 Å². The Balaban J connectivity index is 2.18. The molecular formula is C18H25IO5. The second-order valence-electron chi connectivity index (χ2n) is 5.41. The first-order valence-electron chi connectivity index (χ1n) is 8.20. The third-order valence-corrected chi connectivity index (χ3v) is 4.23. The molecule has 0 aliphatic carbocycles. The van der Waals surface area contributed by atoms with Crippen LogP contribution in [0.2, 0.25) is 0 Å². The van der Waals surface area contributed by atoms with Crippen LogP contribution in [0.1, 0.15) is 51.0 Å². The summed E-state index contributed by atoms with van der Waals surface area (Å²) in [5, 5.41) is 0. The van der Waals surface area contributed by atoms with Crippen LogP contribution in [0.25, 0.3) is 0 Å². The Morgan fingerprint density at radius 1 is 1.04 bits per heavy atom. The Morgan fingerprint density at radius 2 is 1.75 bits per heavy atom. The smallest absolute Gasteiger partial charge is 0.306 e. The minimum atomic E-state index is -0.306. The van der Waals surface area contributed by atoms with Gasteiger partial charge in [0.25, 0.3) is 0 Å². The first-order valence-corrected chi connectivity index (χ1v) is 9.28. The van der Waals surface area contributed by atoms with Crippen LogP contribution in [-0.2, 0) is 25.7 Å². The van der Waals surface area contributed by atoms with Crippen molar-refractivity contribution < 1.29 is 23.8 Å². The molecule has 0 N–H and O–H groups in total. The molecule has 5 nitrogen and oxygen atoms in total. The van der Waals surface area contributed by atoms with E-state index in [0.717, 1.165) is 34.1 Å². The summed E-state index contributed by atoms with van der Waals surface area (Å²) in [6, 6.07) is 5.63. The van der Waals surface area contributed by atoms with Crippen LogP contribution in [-0.4, -0.2) is 25.7 Å². The summed E-state index contributed by atoms with van der Waals surface area (Å²) in [6.45, 7) is 2.79. The minimum absolute atomic E-state index is 0.220. The lowest BCUT2D eigenvalue weighted by atomic mass is 10.2. The molecule has 0 saturated heterocycles. The minimum Gasteiger partial charge on any atom is -0.496 e. The van der Waals surface area contributed by atoms with Crippen LogP contribution in [0.3, 0.4) is 0 Å². The Bertz CT molecular complexity index is 530. The molecule has 24 heavy (non-hydrogen) atoms. The van der Waals surface area contributed by atoms with E-state index < -0.39 is 0 Å². The van der Waals surface area contributed by atoms with E-state index in [4.69, 9.17) is 14.2 Å². The molecule has 1 aromatic rings. The van der Waals surface area contributed by atoms with E-state index in [9.17, 15) is 9.59 Å². The van der Waals surface area contributed by atoms with Gasteiger partial charge in [-0.2, -0.15) is 0 Å². The predicted octanol–water partition coefficient (Wildman–Crippen LogP) is 4.25. The molecule has 0 amide bonds. The van der Waals surface area contributed by atoms with Crippen LogP contribution >= 0.6 is 22.6 Å². The van der Waals surface area contributed by atoms with Crippen LogP contribution in [0, 0.1) is 3.57 Å². The molecule has 1 rings (SSSR count). The number of methoxy groups -OCH3 is 1. The Labute approximate surface area is 157 Å². The lowest BCUT2D eigenvalue weighted by Crippen LogP contribution is -2.09. The first-order chi connectivity index (χ1) is 11.6. The Kier molecular flexibility index (Phi) is 10.5. The van der Waals surface area contributed by atoms with Crippen LogP contribution in [0.4, 0.5) is 0 Å². The van der Waals surface area contributed by atoms with E-state index in [1.165, 1.54) is 0 Å². The maximum atomic E-state index is 11.7. The molecule has 134 valence electrons. The van der Waals surface area contributed by atoms with Gasteiger partial charge in [0.1, 0.15) is 12.4 Å². The predicted molar refractivity (Wildman–Crippen MR) is 99.8 cm³/mol. The maximum absolute atomic E-state index is 11.7. The van der Waals surface area contributed by atoms with Gasteiger partial charge in [-0.15, -0.1) is 0 Å². The fourth-order valence-corrected chi connectivity index (χ4v) is 2.82. The van der Waals surface area contributed by atoms with Crippen molar-refractivity contribution in [2.75, 3.05) is 13.7 Å². The summed E-state index contributed by atoms with van der Waals surface area (Å²) in [6.07, 6.45) is 3.97. The van der Waals surface area contributed by atoms with E-state index in [0.29, 0.717) is 13.0 Å². The van der Waals surface area contributed by atoms with Crippen molar-refractivity contribution in [2.45, 2.75) is 52.1 Å². The molecule has 0 aliphatic heterocycles. The molecule has 0 bridgehead atoms. The van der Waals surface area contributed by atoms with Gasteiger partial charge in [0.05, 0.1) is 17.3 Å². The lowest BCUT2D eigenvalue weighted by Gasteiger charge is -2.08. The average Bonchev–Trinajstić information content (AvgIpc) is 2.57. The zero-order valence-corrected chi connectivity index (χ0v) is 16.5. The fourth-order valence-electron chi connectivity index (χ4n) is 2.02. The summed E-state index contributed by atoms with van der Waals surface area (Å²) in [4.78, 5) is 23.2. The third kappa shape index (κ3) is 8.52. The summed E-state index contributed by atoms with van der Waals surface area (Å²) in [5.74, 6) is 0.242. The number of halogens is 1. The molecule has 0 aromatic heterocycles. The SMILES string of the molecule is CCCCCOC(=O)CCCC(=O)OCc1ccc(OC)c(I)c1. The normalized spacial score (nSPS) is 10.3. The van der Waals surface area contributed by atoms with Gasteiger partial charge in [-0.05, 0) is 53.1 Å². The molecule has 6 heteroatoms. The number of hydrogen-bond donors (Lipinski definition) is 0. The van der Waals surface area contributed by atoms with Crippen molar-refractivity contribution in [3.05, 3.63) is 27.3 Å². The molecule has 1 aromatic carbocycles. The molecule has 0 fully saturated rings. The number of unbranched alkanes of at least 4 members (excludes halogenated alkanes) is 2. The summed E-state index contributed by atoms with van der Waals surface area (Å²) in [5.41, 5.74) is 0.906. The molecule has 0 radical (unpaired) electrons. The number of ether oxygens (including phenoxy) is 3. The van der Waals surface area contributed by atoms with Crippen molar-refractivity contribution in [3.63, 3.8) is 0 Å². The van der Waals surface area contributed by atoms with Crippen molar-refractivity contribution in [3.8, 4) is 5.75 Å². The zero-order valence-electron chi connectivity index (χ0n) is 14.3. The number of rotatable bonds is 11. The largest absolute Gasteiger partial charge is 0.496 e. The average molecular weight is 448 g/mol.